The van der Waals surface area contributed by atoms with Crippen molar-refractivity contribution in [3.63, 3.8) is 0 Å². The third-order valence-corrected chi connectivity index (χ3v) is 6.49. The molecular formula is C21H28N4O3S. The molecule has 29 heavy (non-hydrogen) atoms. The van der Waals surface area contributed by atoms with E-state index in [9.17, 15) is 4.79 Å². The van der Waals surface area contributed by atoms with Crippen LogP contribution in [0.3, 0.4) is 0 Å². The van der Waals surface area contributed by atoms with Crippen molar-refractivity contribution in [2.75, 3.05) is 51.4 Å². The molecule has 2 aliphatic heterocycles. The maximum Gasteiger partial charge on any atom is 0.242 e. The summed E-state index contributed by atoms with van der Waals surface area (Å²) in [5, 5.41) is 6.12. The lowest BCUT2D eigenvalue weighted by molar-refractivity contribution is -0.122. The van der Waals surface area contributed by atoms with E-state index in [-0.39, 0.29) is 18.0 Å². The quantitative estimate of drug-likeness (QED) is 0.747. The van der Waals surface area contributed by atoms with Gasteiger partial charge in [0.05, 0.1) is 26.4 Å². The fraction of sp³-hybridized carbons (Fsp3) is 0.524. The molecule has 2 aliphatic rings. The second-order valence-corrected chi connectivity index (χ2v) is 8.22. The smallest absolute Gasteiger partial charge is 0.242 e. The van der Waals surface area contributed by atoms with E-state index in [0.717, 1.165) is 56.6 Å². The first-order valence-corrected chi connectivity index (χ1v) is 11.0. The first kappa shape index (κ1) is 20.1. The van der Waals surface area contributed by atoms with Crippen molar-refractivity contribution in [2.45, 2.75) is 24.9 Å². The highest BCUT2D eigenvalue weighted by Gasteiger charge is 2.33. The van der Waals surface area contributed by atoms with E-state index in [1.165, 1.54) is 5.56 Å². The molecule has 0 aliphatic carbocycles. The van der Waals surface area contributed by atoms with Crippen molar-refractivity contribution in [3.05, 3.63) is 41.4 Å². The monoisotopic (exact) mass is 416 g/mol. The van der Waals surface area contributed by atoms with Gasteiger partial charge in [0.1, 0.15) is 11.8 Å². The second-order valence-electron chi connectivity index (χ2n) is 7.35. The van der Waals surface area contributed by atoms with Gasteiger partial charge in [0.15, 0.2) is 5.13 Å². The fourth-order valence-corrected chi connectivity index (χ4v) is 4.83. The Kier molecular flexibility index (Phi) is 6.63. The molecule has 2 unspecified atom stereocenters. The second kappa shape index (κ2) is 9.56. The van der Waals surface area contributed by atoms with Crippen molar-refractivity contribution in [2.24, 2.45) is 0 Å². The predicted molar refractivity (Wildman–Crippen MR) is 114 cm³/mol. The molecule has 1 aromatic heterocycles. The molecular weight excluding hydrogens is 388 g/mol. The summed E-state index contributed by atoms with van der Waals surface area (Å²) in [5.74, 6) is 0.924. The number of nitrogens with one attached hydrogen (secondary N) is 1. The van der Waals surface area contributed by atoms with E-state index < -0.39 is 0 Å². The number of aromatic nitrogens is 1. The van der Waals surface area contributed by atoms with Crippen LogP contribution in [0.4, 0.5) is 5.13 Å². The van der Waals surface area contributed by atoms with Gasteiger partial charge >= 0.3 is 0 Å². The third kappa shape index (κ3) is 4.71. The first-order valence-electron chi connectivity index (χ1n) is 10.2. The van der Waals surface area contributed by atoms with E-state index in [4.69, 9.17) is 9.47 Å². The lowest BCUT2D eigenvalue weighted by atomic mass is 10.0. The number of hydrogen-bond acceptors (Lipinski definition) is 7. The van der Waals surface area contributed by atoms with Crippen LogP contribution < -0.4 is 15.0 Å². The maximum absolute atomic E-state index is 13.0. The van der Waals surface area contributed by atoms with Crippen LogP contribution in [0.25, 0.3) is 0 Å². The summed E-state index contributed by atoms with van der Waals surface area (Å²) in [6, 6.07) is 8.11. The Hall–Kier alpha value is -2.16. The SMILES string of the molecule is COc1ccc(C(CNC(=O)C2CCCN2c2nccs2)N2CCOCC2)cc1. The van der Waals surface area contributed by atoms with Crippen molar-refractivity contribution in [3.8, 4) is 5.75 Å². The highest BCUT2D eigenvalue weighted by molar-refractivity contribution is 7.13. The summed E-state index contributed by atoms with van der Waals surface area (Å²) in [6.45, 7) is 4.63. The minimum absolute atomic E-state index is 0.0875. The van der Waals surface area contributed by atoms with Crippen LogP contribution in [-0.4, -0.2) is 68.3 Å². The summed E-state index contributed by atoms with van der Waals surface area (Å²) in [6.07, 6.45) is 3.69. The number of hydrogen-bond donors (Lipinski definition) is 1. The zero-order valence-electron chi connectivity index (χ0n) is 16.8. The standard InChI is InChI=1S/C21H28N4O3S/c1-27-17-6-4-16(5-7-17)19(24-10-12-28-13-11-24)15-23-20(26)18-3-2-9-25(18)21-22-8-14-29-21/h4-8,14,18-19H,2-3,9-13,15H2,1H3,(H,23,26). The summed E-state index contributed by atoms with van der Waals surface area (Å²) < 4.78 is 10.8. The van der Waals surface area contributed by atoms with Gasteiger partial charge in [0.2, 0.25) is 5.91 Å². The molecule has 7 nitrogen and oxygen atoms in total. The lowest BCUT2D eigenvalue weighted by Crippen LogP contribution is -2.48. The van der Waals surface area contributed by atoms with Crippen molar-refractivity contribution in [1.29, 1.82) is 0 Å². The van der Waals surface area contributed by atoms with E-state index in [1.807, 2.05) is 17.5 Å². The summed E-state index contributed by atoms with van der Waals surface area (Å²) in [7, 11) is 1.67. The van der Waals surface area contributed by atoms with E-state index in [0.29, 0.717) is 6.54 Å². The Morgan fingerprint density at radius 2 is 2.10 bits per heavy atom. The largest absolute Gasteiger partial charge is 0.497 e. The van der Waals surface area contributed by atoms with Crippen LogP contribution in [0.2, 0.25) is 0 Å². The van der Waals surface area contributed by atoms with Gasteiger partial charge in [0, 0.05) is 37.8 Å². The molecule has 2 saturated heterocycles. The van der Waals surface area contributed by atoms with Gasteiger partial charge < -0.3 is 19.7 Å². The molecule has 4 rings (SSSR count). The number of thiazole rings is 1. The van der Waals surface area contributed by atoms with Gasteiger partial charge in [-0.15, -0.1) is 11.3 Å². The first-order chi connectivity index (χ1) is 14.3. The predicted octanol–water partition coefficient (Wildman–Crippen LogP) is 2.31. The number of methoxy groups -OCH3 is 1. The Morgan fingerprint density at radius 1 is 1.31 bits per heavy atom. The zero-order chi connectivity index (χ0) is 20.1. The average Bonchev–Trinajstić information content (AvgIpc) is 3.46. The van der Waals surface area contributed by atoms with Gasteiger partial charge in [-0.25, -0.2) is 4.98 Å². The van der Waals surface area contributed by atoms with Crippen molar-refractivity contribution >= 4 is 22.4 Å². The van der Waals surface area contributed by atoms with Crippen LogP contribution in [0.1, 0.15) is 24.4 Å². The molecule has 2 atom stereocenters. The molecule has 0 radical (unpaired) electrons. The van der Waals surface area contributed by atoms with Gasteiger partial charge in [0.25, 0.3) is 0 Å². The zero-order valence-corrected chi connectivity index (χ0v) is 17.6. The van der Waals surface area contributed by atoms with Gasteiger partial charge in [-0.1, -0.05) is 12.1 Å². The topological polar surface area (TPSA) is 66.9 Å². The lowest BCUT2D eigenvalue weighted by Gasteiger charge is -2.35. The number of nitrogens with zero attached hydrogens (tertiary/aromatic N) is 3. The van der Waals surface area contributed by atoms with Crippen molar-refractivity contribution in [1.82, 2.24) is 15.2 Å². The van der Waals surface area contributed by atoms with Gasteiger partial charge in [-0.05, 0) is 30.5 Å². The number of morpholine rings is 1. The maximum atomic E-state index is 13.0. The molecule has 2 aromatic rings. The number of carbonyl (C=O) groups is 1. The minimum Gasteiger partial charge on any atom is -0.497 e. The number of anilines is 1. The number of benzene rings is 1. The highest BCUT2D eigenvalue weighted by Crippen LogP contribution is 2.28. The molecule has 0 spiro atoms. The molecule has 1 amide bonds. The molecule has 0 saturated carbocycles. The molecule has 156 valence electrons. The molecule has 8 heteroatoms. The minimum atomic E-state index is -0.137. The van der Waals surface area contributed by atoms with Crippen LogP contribution >= 0.6 is 11.3 Å². The van der Waals surface area contributed by atoms with Crippen LogP contribution in [0, 0.1) is 0 Å². The van der Waals surface area contributed by atoms with Gasteiger partial charge in [-0.2, -0.15) is 0 Å². The van der Waals surface area contributed by atoms with E-state index in [1.54, 1.807) is 24.6 Å². The number of ether oxygens (including phenoxy) is 2. The van der Waals surface area contributed by atoms with Crippen LogP contribution in [0.5, 0.6) is 5.75 Å². The average molecular weight is 417 g/mol. The van der Waals surface area contributed by atoms with Crippen molar-refractivity contribution < 1.29 is 14.3 Å². The number of amides is 1. The number of rotatable bonds is 7. The Morgan fingerprint density at radius 3 is 2.79 bits per heavy atom. The molecule has 0 bridgehead atoms. The Labute approximate surface area is 175 Å². The highest BCUT2D eigenvalue weighted by atomic mass is 32.1. The fourth-order valence-electron chi connectivity index (χ4n) is 4.11. The molecule has 2 fully saturated rings. The Balaban J connectivity index is 1.44. The molecule has 3 heterocycles. The summed E-state index contributed by atoms with van der Waals surface area (Å²) in [4.78, 5) is 21.9. The molecule has 1 N–H and O–H groups in total. The normalized spacial score (nSPS) is 21.1. The summed E-state index contributed by atoms with van der Waals surface area (Å²) in [5.41, 5.74) is 1.18. The van der Waals surface area contributed by atoms with Crippen LogP contribution in [0.15, 0.2) is 35.8 Å². The van der Waals surface area contributed by atoms with E-state index in [2.05, 4.69) is 32.2 Å². The summed E-state index contributed by atoms with van der Waals surface area (Å²) >= 11 is 1.59. The van der Waals surface area contributed by atoms with Crippen LogP contribution in [-0.2, 0) is 9.53 Å². The Bertz CT molecular complexity index is 778. The third-order valence-electron chi connectivity index (χ3n) is 5.68. The van der Waals surface area contributed by atoms with E-state index >= 15 is 0 Å². The number of carbonyl (C=O) groups excluding carboxylic acids is 1. The molecule has 1 aromatic carbocycles. The van der Waals surface area contributed by atoms with Gasteiger partial charge in [-0.3, -0.25) is 9.69 Å².